The molecule has 3 aromatic rings. The van der Waals surface area contributed by atoms with Crippen LogP contribution in [0.5, 0.6) is 0 Å². The summed E-state index contributed by atoms with van der Waals surface area (Å²) in [4.78, 5) is 8.20. The topological polar surface area (TPSA) is 98.0 Å². The highest BCUT2D eigenvalue weighted by Gasteiger charge is 2.09. The predicted octanol–water partition coefficient (Wildman–Crippen LogP) is 2.07. The number of fused-ring (bicyclic) bond motifs is 1. The van der Waals surface area contributed by atoms with Gasteiger partial charge in [0, 0.05) is 6.54 Å². The van der Waals surface area contributed by atoms with Crippen LogP contribution in [0.4, 0.5) is 10.2 Å². The van der Waals surface area contributed by atoms with Gasteiger partial charge in [-0.25, -0.2) is 27.9 Å². The lowest BCUT2D eigenvalue weighted by molar-refractivity contribution is 0.598. The molecule has 24 heavy (non-hydrogen) atoms. The van der Waals surface area contributed by atoms with Crippen LogP contribution in [0.2, 0.25) is 0 Å². The Balaban J connectivity index is 1.71. The molecule has 3 N–H and O–H groups in total. The van der Waals surface area contributed by atoms with Gasteiger partial charge in [0.15, 0.2) is 0 Å². The van der Waals surface area contributed by atoms with Crippen molar-refractivity contribution in [2.24, 2.45) is 5.14 Å². The number of nitrogens with two attached hydrogens (primary N) is 1. The predicted molar refractivity (Wildman–Crippen MR) is 89.5 cm³/mol. The fourth-order valence-electron chi connectivity index (χ4n) is 2.37. The van der Waals surface area contributed by atoms with Crippen LogP contribution in [-0.4, -0.2) is 24.9 Å². The lowest BCUT2D eigenvalue weighted by Gasteiger charge is -2.09. The van der Waals surface area contributed by atoms with E-state index in [4.69, 9.17) is 5.14 Å². The van der Waals surface area contributed by atoms with E-state index >= 15 is 0 Å². The maximum Gasteiger partial charge on any atom is 0.238 e. The molecule has 0 radical (unpaired) electrons. The number of primary sulfonamides is 1. The number of aromatic nitrogens is 2. The Labute approximate surface area is 138 Å². The molecule has 6 nitrogen and oxygen atoms in total. The van der Waals surface area contributed by atoms with Gasteiger partial charge in [-0.1, -0.05) is 18.2 Å². The minimum atomic E-state index is -3.69. The van der Waals surface area contributed by atoms with Gasteiger partial charge in [0.25, 0.3) is 0 Å². The van der Waals surface area contributed by atoms with Crippen molar-refractivity contribution in [3.63, 3.8) is 0 Å². The van der Waals surface area contributed by atoms with E-state index in [2.05, 4.69) is 15.3 Å². The standard InChI is InChI=1S/C16H15FN4O2S/c17-13-2-1-3-14-15(13)16(21-10-20-14)19-9-8-11-4-6-12(7-5-11)24(18,22)23/h1-7,10H,8-9H2,(H2,18,22,23)(H,19,20,21). The minimum Gasteiger partial charge on any atom is -0.369 e. The van der Waals surface area contributed by atoms with Crippen LogP contribution < -0.4 is 10.5 Å². The summed E-state index contributed by atoms with van der Waals surface area (Å²) in [7, 11) is -3.69. The third-order valence-electron chi connectivity index (χ3n) is 3.57. The Morgan fingerprint density at radius 1 is 1.08 bits per heavy atom. The molecule has 0 aliphatic carbocycles. The van der Waals surface area contributed by atoms with Gasteiger partial charge >= 0.3 is 0 Å². The van der Waals surface area contributed by atoms with E-state index in [0.29, 0.717) is 29.7 Å². The summed E-state index contributed by atoms with van der Waals surface area (Å²) in [5, 5.41) is 8.50. The Morgan fingerprint density at radius 2 is 1.83 bits per heavy atom. The summed E-state index contributed by atoms with van der Waals surface area (Å²) in [6, 6.07) is 11.0. The molecule has 0 saturated carbocycles. The Morgan fingerprint density at radius 3 is 2.54 bits per heavy atom. The van der Waals surface area contributed by atoms with Gasteiger partial charge in [-0.05, 0) is 36.2 Å². The number of hydrogen-bond donors (Lipinski definition) is 2. The highest BCUT2D eigenvalue weighted by molar-refractivity contribution is 7.89. The number of nitrogens with one attached hydrogen (secondary N) is 1. The van der Waals surface area contributed by atoms with Crippen LogP contribution in [-0.2, 0) is 16.4 Å². The molecule has 0 saturated heterocycles. The maximum absolute atomic E-state index is 14.0. The highest BCUT2D eigenvalue weighted by Crippen LogP contribution is 2.22. The average molecular weight is 346 g/mol. The monoisotopic (exact) mass is 346 g/mol. The van der Waals surface area contributed by atoms with Crippen LogP contribution in [0.1, 0.15) is 5.56 Å². The number of nitrogens with zero attached hydrogens (tertiary/aromatic N) is 2. The van der Waals surface area contributed by atoms with Crippen molar-refractivity contribution < 1.29 is 12.8 Å². The molecule has 0 bridgehead atoms. The van der Waals surface area contributed by atoms with Crippen molar-refractivity contribution >= 4 is 26.7 Å². The number of halogens is 1. The Hall–Kier alpha value is -2.58. The zero-order valence-corrected chi connectivity index (χ0v) is 13.4. The van der Waals surface area contributed by atoms with Crippen molar-refractivity contribution in [3.8, 4) is 0 Å². The maximum atomic E-state index is 14.0. The molecule has 1 aromatic heterocycles. The van der Waals surface area contributed by atoms with Crippen molar-refractivity contribution in [1.29, 1.82) is 0 Å². The molecule has 0 spiro atoms. The Kier molecular flexibility index (Phi) is 4.41. The van der Waals surface area contributed by atoms with Crippen LogP contribution in [0.3, 0.4) is 0 Å². The number of hydrogen-bond acceptors (Lipinski definition) is 5. The first-order valence-corrected chi connectivity index (χ1v) is 8.74. The van der Waals surface area contributed by atoms with Crippen molar-refractivity contribution in [1.82, 2.24) is 9.97 Å². The number of sulfonamides is 1. The van der Waals surface area contributed by atoms with Crippen molar-refractivity contribution in [3.05, 3.63) is 60.2 Å². The van der Waals surface area contributed by atoms with E-state index in [0.717, 1.165) is 5.56 Å². The third-order valence-corrected chi connectivity index (χ3v) is 4.50. The second-order valence-electron chi connectivity index (χ2n) is 5.22. The second-order valence-corrected chi connectivity index (χ2v) is 6.78. The van der Waals surface area contributed by atoms with Gasteiger partial charge in [-0.3, -0.25) is 0 Å². The minimum absolute atomic E-state index is 0.0723. The van der Waals surface area contributed by atoms with Gasteiger partial charge in [0.05, 0.1) is 15.8 Å². The summed E-state index contributed by atoms with van der Waals surface area (Å²) >= 11 is 0. The third kappa shape index (κ3) is 3.50. The molecule has 0 amide bonds. The number of anilines is 1. The summed E-state index contributed by atoms with van der Waals surface area (Å²) in [5.74, 6) is 0.0485. The normalized spacial score (nSPS) is 11.6. The molecule has 0 aliphatic heterocycles. The quantitative estimate of drug-likeness (QED) is 0.737. The van der Waals surface area contributed by atoms with Gasteiger partial charge < -0.3 is 5.32 Å². The second kappa shape index (κ2) is 6.50. The Bertz CT molecular complexity index is 970. The molecule has 3 rings (SSSR count). The molecule has 2 aromatic carbocycles. The average Bonchev–Trinajstić information content (AvgIpc) is 2.55. The summed E-state index contributed by atoms with van der Waals surface area (Å²) < 4.78 is 36.4. The van der Waals surface area contributed by atoms with Crippen molar-refractivity contribution in [2.75, 3.05) is 11.9 Å². The van der Waals surface area contributed by atoms with E-state index < -0.39 is 10.0 Å². The van der Waals surface area contributed by atoms with E-state index in [-0.39, 0.29) is 10.7 Å². The first-order valence-electron chi connectivity index (χ1n) is 7.20. The fraction of sp³-hybridized carbons (Fsp3) is 0.125. The van der Waals surface area contributed by atoms with Crippen LogP contribution in [0, 0.1) is 5.82 Å². The molecule has 0 aliphatic rings. The zero-order chi connectivity index (χ0) is 17.2. The van der Waals surface area contributed by atoms with E-state index in [1.807, 2.05) is 0 Å². The first-order chi connectivity index (χ1) is 11.4. The van der Waals surface area contributed by atoms with E-state index in [9.17, 15) is 12.8 Å². The number of rotatable bonds is 5. The molecular weight excluding hydrogens is 331 g/mol. The smallest absolute Gasteiger partial charge is 0.238 e. The molecule has 8 heteroatoms. The molecule has 124 valence electrons. The molecular formula is C16H15FN4O2S. The van der Waals surface area contributed by atoms with Crippen LogP contribution in [0.25, 0.3) is 10.9 Å². The van der Waals surface area contributed by atoms with Crippen molar-refractivity contribution in [2.45, 2.75) is 11.3 Å². The highest BCUT2D eigenvalue weighted by atomic mass is 32.2. The zero-order valence-electron chi connectivity index (χ0n) is 12.6. The SMILES string of the molecule is NS(=O)(=O)c1ccc(CCNc2ncnc3cccc(F)c23)cc1. The van der Waals surface area contributed by atoms with Gasteiger partial charge in [0.1, 0.15) is 18.0 Å². The van der Waals surface area contributed by atoms with E-state index in [1.54, 1.807) is 24.3 Å². The summed E-state index contributed by atoms with van der Waals surface area (Å²) in [5.41, 5.74) is 1.46. The molecule has 0 fully saturated rings. The molecule has 0 unspecified atom stereocenters. The molecule has 0 atom stereocenters. The van der Waals surface area contributed by atoms with Gasteiger partial charge in [-0.2, -0.15) is 0 Å². The summed E-state index contributed by atoms with van der Waals surface area (Å²) in [6.45, 7) is 0.509. The van der Waals surface area contributed by atoms with Gasteiger partial charge in [-0.15, -0.1) is 0 Å². The van der Waals surface area contributed by atoms with Crippen LogP contribution >= 0.6 is 0 Å². The molecule has 1 heterocycles. The van der Waals surface area contributed by atoms with Crippen LogP contribution in [0.15, 0.2) is 53.7 Å². The largest absolute Gasteiger partial charge is 0.369 e. The fourth-order valence-corrected chi connectivity index (χ4v) is 2.89. The lowest BCUT2D eigenvalue weighted by Crippen LogP contribution is -2.12. The first kappa shape index (κ1) is 16.3. The summed E-state index contributed by atoms with van der Waals surface area (Å²) in [6.07, 6.45) is 2.00. The lowest BCUT2D eigenvalue weighted by atomic mass is 10.1. The van der Waals surface area contributed by atoms with E-state index in [1.165, 1.54) is 24.5 Å². The number of benzene rings is 2. The van der Waals surface area contributed by atoms with Gasteiger partial charge in [0.2, 0.25) is 10.0 Å².